The number of nitrogens with zero attached hydrogens (tertiary/aromatic N) is 1. The van der Waals surface area contributed by atoms with E-state index >= 15 is 0 Å². The van der Waals surface area contributed by atoms with Crippen molar-refractivity contribution >= 4 is 27.5 Å². The van der Waals surface area contributed by atoms with E-state index in [9.17, 15) is 0 Å². The van der Waals surface area contributed by atoms with Crippen molar-refractivity contribution in [1.82, 2.24) is 4.98 Å². The average molecular weight is 263 g/mol. The maximum absolute atomic E-state index is 6.00. The summed E-state index contributed by atoms with van der Waals surface area (Å²) in [7, 11) is 0. The standard InChI is InChI=1S/C10H13BrClN/c1-7(8(2)11)5-9-3-4-13-6-10(9)12/h3-4,6-8H,5H2,1-2H3. The minimum atomic E-state index is 0.511. The smallest absolute Gasteiger partial charge is 0.0621 e. The third kappa shape index (κ3) is 3.28. The number of hydrogen-bond acceptors (Lipinski definition) is 1. The molecule has 0 N–H and O–H groups in total. The molecule has 0 radical (unpaired) electrons. The lowest BCUT2D eigenvalue weighted by Crippen LogP contribution is -2.09. The largest absolute Gasteiger partial charge is 0.263 e. The topological polar surface area (TPSA) is 12.9 Å². The van der Waals surface area contributed by atoms with Crippen LogP contribution in [0.3, 0.4) is 0 Å². The maximum atomic E-state index is 6.00. The second-order valence-electron chi connectivity index (χ2n) is 3.33. The Morgan fingerprint density at radius 1 is 1.54 bits per heavy atom. The Balaban J connectivity index is 2.69. The zero-order chi connectivity index (χ0) is 9.84. The van der Waals surface area contributed by atoms with Gasteiger partial charge in [-0.2, -0.15) is 0 Å². The highest BCUT2D eigenvalue weighted by Crippen LogP contribution is 2.21. The Morgan fingerprint density at radius 2 is 2.23 bits per heavy atom. The number of aromatic nitrogens is 1. The van der Waals surface area contributed by atoms with Crippen molar-refractivity contribution < 1.29 is 0 Å². The van der Waals surface area contributed by atoms with Gasteiger partial charge in [0, 0.05) is 17.2 Å². The molecule has 0 spiro atoms. The molecule has 0 amide bonds. The molecule has 2 atom stereocenters. The molecular weight excluding hydrogens is 249 g/mol. The van der Waals surface area contributed by atoms with Crippen LogP contribution >= 0.6 is 27.5 Å². The summed E-state index contributed by atoms with van der Waals surface area (Å²) < 4.78 is 0. The van der Waals surface area contributed by atoms with E-state index in [4.69, 9.17) is 11.6 Å². The van der Waals surface area contributed by atoms with E-state index in [1.54, 1.807) is 12.4 Å². The van der Waals surface area contributed by atoms with Crippen LogP contribution in [0.1, 0.15) is 19.4 Å². The van der Waals surface area contributed by atoms with Gasteiger partial charge in [0.25, 0.3) is 0 Å². The van der Waals surface area contributed by atoms with Crippen molar-refractivity contribution in [2.45, 2.75) is 25.1 Å². The highest BCUT2D eigenvalue weighted by atomic mass is 79.9. The predicted octanol–water partition coefficient (Wildman–Crippen LogP) is 3.70. The lowest BCUT2D eigenvalue weighted by molar-refractivity contribution is 0.581. The van der Waals surface area contributed by atoms with E-state index < -0.39 is 0 Å². The molecule has 1 nitrogen and oxygen atoms in total. The van der Waals surface area contributed by atoms with Crippen molar-refractivity contribution in [3.63, 3.8) is 0 Å². The summed E-state index contributed by atoms with van der Waals surface area (Å²) in [6.45, 7) is 4.36. The van der Waals surface area contributed by atoms with Gasteiger partial charge in [0.1, 0.15) is 0 Å². The van der Waals surface area contributed by atoms with Gasteiger partial charge in [0.15, 0.2) is 0 Å². The van der Waals surface area contributed by atoms with E-state index in [2.05, 4.69) is 34.8 Å². The van der Waals surface area contributed by atoms with Gasteiger partial charge < -0.3 is 0 Å². The van der Waals surface area contributed by atoms with Crippen molar-refractivity contribution in [2.75, 3.05) is 0 Å². The third-order valence-corrected chi connectivity index (χ3v) is 3.43. The third-order valence-electron chi connectivity index (χ3n) is 2.18. The van der Waals surface area contributed by atoms with Crippen molar-refractivity contribution in [1.29, 1.82) is 0 Å². The first-order valence-electron chi connectivity index (χ1n) is 4.33. The highest BCUT2D eigenvalue weighted by Gasteiger charge is 2.11. The highest BCUT2D eigenvalue weighted by molar-refractivity contribution is 9.09. The van der Waals surface area contributed by atoms with Gasteiger partial charge in [-0.25, -0.2) is 0 Å². The number of halogens is 2. The van der Waals surface area contributed by atoms with Crippen LogP contribution in [0.2, 0.25) is 5.02 Å². The summed E-state index contributed by atoms with van der Waals surface area (Å²) in [5.74, 6) is 0.583. The molecule has 0 saturated heterocycles. The van der Waals surface area contributed by atoms with E-state index in [1.165, 1.54) is 5.56 Å². The molecule has 1 rings (SSSR count). The average Bonchev–Trinajstić information content (AvgIpc) is 2.08. The monoisotopic (exact) mass is 261 g/mol. The van der Waals surface area contributed by atoms with E-state index in [0.29, 0.717) is 10.7 Å². The van der Waals surface area contributed by atoms with Crippen LogP contribution in [0, 0.1) is 5.92 Å². The summed E-state index contributed by atoms with van der Waals surface area (Å²) in [6.07, 6.45) is 4.48. The van der Waals surface area contributed by atoms with E-state index in [-0.39, 0.29) is 0 Å². The van der Waals surface area contributed by atoms with Crippen LogP contribution in [-0.4, -0.2) is 9.81 Å². The van der Waals surface area contributed by atoms with Gasteiger partial charge in [0.2, 0.25) is 0 Å². The fraction of sp³-hybridized carbons (Fsp3) is 0.500. The fourth-order valence-corrected chi connectivity index (χ4v) is 1.46. The van der Waals surface area contributed by atoms with Gasteiger partial charge in [-0.15, -0.1) is 0 Å². The Morgan fingerprint density at radius 3 is 2.77 bits per heavy atom. The fourth-order valence-electron chi connectivity index (χ4n) is 1.08. The van der Waals surface area contributed by atoms with Gasteiger partial charge in [-0.1, -0.05) is 41.4 Å². The maximum Gasteiger partial charge on any atom is 0.0621 e. The van der Waals surface area contributed by atoms with Crippen molar-refractivity contribution in [3.8, 4) is 0 Å². The van der Waals surface area contributed by atoms with Gasteiger partial charge in [0.05, 0.1) is 5.02 Å². The molecule has 1 aromatic heterocycles. The molecular formula is C10H13BrClN. The minimum Gasteiger partial charge on any atom is -0.263 e. The lowest BCUT2D eigenvalue weighted by Gasteiger charge is -2.14. The quantitative estimate of drug-likeness (QED) is 0.757. The Bertz CT molecular complexity index is 275. The van der Waals surface area contributed by atoms with Crippen LogP contribution in [0.15, 0.2) is 18.5 Å². The van der Waals surface area contributed by atoms with Crippen LogP contribution in [0.25, 0.3) is 0 Å². The zero-order valence-electron chi connectivity index (χ0n) is 7.80. The summed E-state index contributed by atoms with van der Waals surface area (Å²) in [6, 6.07) is 1.98. The van der Waals surface area contributed by atoms with Crippen LogP contribution < -0.4 is 0 Å². The molecule has 0 bridgehead atoms. The van der Waals surface area contributed by atoms with E-state index in [0.717, 1.165) is 11.4 Å². The Labute approximate surface area is 92.6 Å². The summed E-state index contributed by atoms with van der Waals surface area (Å²) in [4.78, 5) is 4.46. The second-order valence-corrected chi connectivity index (χ2v) is 5.18. The summed E-state index contributed by atoms with van der Waals surface area (Å²) >= 11 is 9.56. The zero-order valence-corrected chi connectivity index (χ0v) is 10.1. The first-order valence-corrected chi connectivity index (χ1v) is 5.63. The van der Waals surface area contributed by atoms with Crippen molar-refractivity contribution in [2.24, 2.45) is 5.92 Å². The molecule has 2 unspecified atom stereocenters. The number of rotatable bonds is 3. The first kappa shape index (κ1) is 11.0. The molecule has 0 saturated carbocycles. The normalized spacial score (nSPS) is 15.4. The number of hydrogen-bond donors (Lipinski definition) is 0. The SMILES string of the molecule is CC(Br)C(C)Cc1ccncc1Cl. The lowest BCUT2D eigenvalue weighted by atomic mass is 10.00. The van der Waals surface area contributed by atoms with Crippen molar-refractivity contribution in [3.05, 3.63) is 29.0 Å². The molecule has 13 heavy (non-hydrogen) atoms. The van der Waals surface area contributed by atoms with Crippen LogP contribution in [0.5, 0.6) is 0 Å². The minimum absolute atomic E-state index is 0.511. The first-order chi connectivity index (χ1) is 6.11. The Kier molecular flexibility index (Phi) is 4.20. The molecule has 0 aliphatic rings. The predicted molar refractivity (Wildman–Crippen MR) is 60.5 cm³/mol. The molecule has 1 heterocycles. The molecule has 0 aliphatic carbocycles. The number of pyridine rings is 1. The van der Waals surface area contributed by atoms with Gasteiger partial charge in [-0.05, 0) is 24.0 Å². The Hall–Kier alpha value is -0.0800. The number of alkyl halides is 1. The summed E-state index contributed by atoms with van der Waals surface area (Å²) in [5, 5.41) is 0.766. The van der Waals surface area contributed by atoms with Gasteiger partial charge in [-0.3, -0.25) is 4.98 Å². The molecule has 3 heteroatoms. The van der Waals surface area contributed by atoms with E-state index in [1.807, 2.05) is 6.07 Å². The molecule has 0 aliphatic heterocycles. The summed E-state index contributed by atoms with van der Waals surface area (Å²) in [5.41, 5.74) is 1.18. The molecule has 0 aromatic carbocycles. The van der Waals surface area contributed by atoms with Crippen LogP contribution in [-0.2, 0) is 6.42 Å². The van der Waals surface area contributed by atoms with Crippen LogP contribution in [0.4, 0.5) is 0 Å². The molecule has 1 aromatic rings. The second kappa shape index (κ2) is 4.97. The van der Waals surface area contributed by atoms with Gasteiger partial charge >= 0.3 is 0 Å². The molecule has 0 fully saturated rings. The molecule has 72 valence electrons.